The van der Waals surface area contributed by atoms with E-state index in [1.54, 1.807) is 12.0 Å². The first-order valence-electron chi connectivity index (χ1n) is 8.50. The predicted octanol–water partition coefficient (Wildman–Crippen LogP) is 3.90. The van der Waals surface area contributed by atoms with Gasteiger partial charge < -0.3 is 9.47 Å². The van der Waals surface area contributed by atoms with Gasteiger partial charge in [-0.05, 0) is 24.6 Å². The minimum Gasteiger partial charge on any atom is -0.356 e. The summed E-state index contributed by atoms with van der Waals surface area (Å²) in [6.07, 6.45) is 2.62. The summed E-state index contributed by atoms with van der Waals surface area (Å²) in [5.41, 5.74) is 3.12. The van der Waals surface area contributed by atoms with Crippen LogP contribution in [0.4, 0.5) is 5.69 Å². The fourth-order valence-electron chi connectivity index (χ4n) is 3.68. The average Bonchev–Trinajstić information content (AvgIpc) is 2.95. The molecule has 0 aliphatic carbocycles. The molecule has 0 unspecified atom stereocenters. The third-order valence-electron chi connectivity index (χ3n) is 4.94. The van der Waals surface area contributed by atoms with Crippen molar-refractivity contribution in [1.29, 1.82) is 0 Å². The van der Waals surface area contributed by atoms with E-state index in [4.69, 9.17) is 9.47 Å². The van der Waals surface area contributed by atoms with Crippen LogP contribution in [0.25, 0.3) is 0 Å². The highest BCUT2D eigenvalue weighted by atomic mass is 16.7. The normalized spacial score (nSPS) is 25.7. The van der Waals surface area contributed by atoms with Crippen molar-refractivity contribution in [2.24, 2.45) is 0 Å². The highest BCUT2D eigenvalue weighted by molar-refractivity contribution is 6.01. The van der Waals surface area contributed by atoms with E-state index >= 15 is 0 Å². The minimum absolute atomic E-state index is 0.0377. The van der Waals surface area contributed by atoms with Gasteiger partial charge in [0.2, 0.25) is 5.91 Å². The summed E-state index contributed by atoms with van der Waals surface area (Å²) in [5.74, 6) is 0.0377. The second kappa shape index (κ2) is 6.14. The molecule has 0 spiro atoms. The first-order valence-corrected chi connectivity index (χ1v) is 8.50. The maximum Gasteiger partial charge on any atom is 0.235 e. The molecule has 0 saturated carbocycles. The van der Waals surface area contributed by atoms with E-state index in [0.717, 1.165) is 22.5 Å². The molecule has 0 aromatic heterocycles. The monoisotopic (exact) mass is 335 g/mol. The molecule has 2 atom stereocenters. The van der Waals surface area contributed by atoms with Crippen molar-refractivity contribution < 1.29 is 14.3 Å². The molecule has 1 saturated heterocycles. The van der Waals surface area contributed by atoms with Crippen LogP contribution in [0.1, 0.15) is 24.0 Å². The standard InChI is InChI=1S/C21H21NO3/c1-15-8-10-17(11-9-15)22-18-12-13-20(24-2)25-21(18,14-19(22)23)16-6-4-3-5-7-16/h3-12,20H,13-14H2,1-2H3/t20-,21+/m0/s1. The van der Waals surface area contributed by atoms with Crippen LogP contribution >= 0.6 is 0 Å². The van der Waals surface area contributed by atoms with Crippen LogP contribution in [-0.2, 0) is 19.9 Å². The minimum atomic E-state index is -0.790. The van der Waals surface area contributed by atoms with Crippen LogP contribution in [0.3, 0.4) is 0 Å². The molecule has 0 bridgehead atoms. The highest BCUT2D eigenvalue weighted by Crippen LogP contribution is 2.49. The Bertz CT molecular complexity index is 813. The lowest BCUT2D eigenvalue weighted by atomic mass is 9.87. The van der Waals surface area contributed by atoms with Crippen LogP contribution in [0.2, 0.25) is 0 Å². The van der Waals surface area contributed by atoms with Crippen LogP contribution < -0.4 is 4.90 Å². The first-order chi connectivity index (χ1) is 12.1. The SMILES string of the molecule is CO[C@@H]1CC=C2N(c3ccc(C)cc3)C(=O)C[C@]2(c2ccccc2)O1. The van der Waals surface area contributed by atoms with Gasteiger partial charge in [-0.25, -0.2) is 0 Å². The van der Waals surface area contributed by atoms with E-state index in [-0.39, 0.29) is 18.6 Å². The second-order valence-corrected chi connectivity index (χ2v) is 6.54. The smallest absolute Gasteiger partial charge is 0.235 e. The molecule has 0 radical (unpaired) electrons. The van der Waals surface area contributed by atoms with E-state index in [1.165, 1.54) is 0 Å². The summed E-state index contributed by atoms with van der Waals surface area (Å²) >= 11 is 0. The molecule has 2 aromatic carbocycles. The summed E-state index contributed by atoms with van der Waals surface area (Å²) in [4.78, 5) is 14.8. The predicted molar refractivity (Wildman–Crippen MR) is 96.0 cm³/mol. The van der Waals surface area contributed by atoms with E-state index in [2.05, 4.69) is 6.08 Å². The lowest BCUT2D eigenvalue weighted by Gasteiger charge is -2.38. The Kier molecular flexibility index (Phi) is 3.94. The molecule has 4 heteroatoms. The first kappa shape index (κ1) is 16.1. The summed E-state index contributed by atoms with van der Waals surface area (Å²) in [6, 6.07) is 17.9. The molecular formula is C21H21NO3. The van der Waals surface area contributed by atoms with E-state index < -0.39 is 5.60 Å². The largest absolute Gasteiger partial charge is 0.356 e. The Morgan fingerprint density at radius 2 is 1.84 bits per heavy atom. The van der Waals surface area contributed by atoms with Gasteiger partial charge in [-0.3, -0.25) is 9.69 Å². The lowest BCUT2D eigenvalue weighted by molar-refractivity contribution is -0.194. The third-order valence-corrected chi connectivity index (χ3v) is 4.94. The second-order valence-electron chi connectivity index (χ2n) is 6.54. The van der Waals surface area contributed by atoms with E-state index in [1.807, 2.05) is 61.5 Å². The van der Waals surface area contributed by atoms with Gasteiger partial charge in [0.15, 0.2) is 6.29 Å². The summed E-state index contributed by atoms with van der Waals surface area (Å²) in [6.45, 7) is 2.04. The van der Waals surface area contributed by atoms with E-state index in [9.17, 15) is 4.79 Å². The molecule has 2 aliphatic heterocycles. The number of ether oxygens (including phenoxy) is 2. The Labute approximate surface area is 147 Å². The molecule has 128 valence electrons. The molecule has 4 rings (SSSR count). The van der Waals surface area contributed by atoms with Gasteiger partial charge >= 0.3 is 0 Å². The number of nitrogens with zero attached hydrogens (tertiary/aromatic N) is 1. The molecule has 2 aromatic rings. The van der Waals surface area contributed by atoms with Crippen LogP contribution in [0.15, 0.2) is 66.4 Å². The van der Waals surface area contributed by atoms with Gasteiger partial charge in [-0.1, -0.05) is 54.1 Å². The molecular weight excluding hydrogens is 314 g/mol. The third kappa shape index (κ3) is 2.58. The van der Waals surface area contributed by atoms with E-state index in [0.29, 0.717) is 6.42 Å². The molecule has 2 heterocycles. The van der Waals surface area contributed by atoms with Crippen molar-refractivity contribution in [3.8, 4) is 0 Å². The Morgan fingerprint density at radius 3 is 2.52 bits per heavy atom. The number of carbonyl (C=O) groups excluding carboxylic acids is 1. The quantitative estimate of drug-likeness (QED) is 0.854. The maximum absolute atomic E-state index is 13.0. The summed E-state index contributed by atoms with van der Waals surface area (Å²) in [5, 5.41) is 0. The van der Waals surface area contributed by atoms with Crippen molar-refractivity contribution in [2.45, 2.75) is 31.7 Å². The Hall–Kier alpha value is -2.43. The highest BCUT2D eigenvalue weighted by Gasteiger charge is 2.53. The van der Waals surface area contributed by atoms with Gasteiger partial charge in [0, 0.05) is 19.2 Å². The number of carbonyl (C=O) groups is 1. The fraction of sp³-hybridized carbons (Fsp3) is 0.286. The van der Waals surface area contributed by atoms with Crippen LogP contribution in [0, 0.1) is 6.92 Å². The molecule has 2 aliphatic rings. The number of methoxy groups -OCH3 is 1. The summed E-state index contributed by atoms with van der Waals surface area (Å²) in [7, 11) is 1.64. The number of rotatable bonds is 3. The number of amides is 1. The number of aryl methyl sites for hydroxylation is 1. The molecule has 1 amide bonds. The molecule has 1 fully saturated rings. The number of fused-ring (bicyclic) bond motifs is 1. The molecule has 25 heavy (non-hydrogen) atoms. The lowest BCUT2D eigenvalue weighted by Crippen LogP contribution is -2.39. The molecule has 0 N–H and O–H groups in total. The Morgan fingerprint density at radius 1 is 1.12 bits per heavy atom. The zero-order chi connectivity index (χ0) is 17.4. The zero-order valence-corrected chi connectivity index (χ0v) is 14.4. The fourth-order valence-corrected chi connectivity index (χ4v) is 3.68. The average molecular weight is 335 g/mol. The number of benzene rings is 2. The Balaban J connectivity index is 1.84. The molecule has 4 nitrogen and oxygen atoms in total. The van der Waals surface area contributed by atoms with Crippen LogP contribution in [-0.4, -0.2) is 19.3 Å². The number of anilines is 1. The summed E-state index contributed by atoms with van der Waals surface area (Å²) < 4.78 is 11.8. The van der Waals surface area contributed by atoms with Crippen molar-refractivity contribution in [1.82, 2.24) is 0 Å². The van der Waals surface area contributed by atoms with Crippen molar-refractivity contribution in [2.75, 3.05) is 12.0 Å². The van der Waals surface area contributed by atoms with Crippen LogP contribution in [0.5, 0.6) is 0 Å². The topological polar surface area (TPSA) is 38.8 Å². The van der Waals surface area contributed by atoms with Gasteiger partial charge in [0.05, 0.1) is 12.1 Å². The zero-order valence-electron chi connectivity index (χ0n) is 14.4. The van der Waals surface area contributed by atoms with Crippen molar-refractivity contribution in [3.63, 3.8) is 0 Å². The number of hydrogen-bond acceptors (Lipinski definition) is 3. The van der Waals surface area contributed by atoms with Gasteiger partial charge in [0.25, 0.3) is 0 Å². The van der Waals surface area contributed by atoms with Gasteiger partial charge in [0.1, 0.15) is 5.60 Å². The van der Waals surface area contributed by atoms with Gasteiger partial charge in [-0.2, -0.15) is 0 Å². The number of hydrogen-bond donors (Lipinski definition) is 0. The van der Waals surface area contributed by atoms with Gasteiger partial charge in [-0.15, -0.1) is 0 Å². The van der Waals surface area contributed by atoms with Crippen molar-refractivity contribution >= 4 is 11.6 Å². The van der Waals surface area contributed by atoms with Crippen molar-refractivity contribution in [3.05, 3.63) is 77.5 Å². The maximum atomic E-state index is 13.0.